The second-order valence-electron chi connectivity index (χ2n) is 2.48. The molecule has 66 valence electrons. The van der Waals surface area contributed by atoms with Crippen molar-refractivity contribution in [2.24, 2.45) is 0 Å². The SMILES string of the molecule is Cc1cc(P(=O)(O)O)ccc1Cl. The fourth-order valence-electron chi connectivity index (χ4n) is 0.810. The summed E-state index contributed by atoms with van der Waals surface area (Å²) in [4.78, 5) is 17.5. The molecular weight excluding hydrogens is 199 g/mol. The van der Waals surface area contributed by atoms with Crippen LogP contribution >= 0.6 is 19.2 Å². The average molecular weight is 207 g/mol. The highest BCUT2D eigenvalue weighted by atomic mass is 35.5. The van der Waals surface area contributed by atoms with E-state index < -0.39 is 7.60 Å². The van der Waals surface area contributed by atoms with Gasteiger partial charge in [0, 0.05) is 5.02 Å². The predicted molar refractivity (Wildman–Crippen MR) is 47.9 cm³/mol. The van der Waals surface area contributed by atoms with Gasteiger partial charge >= 0.3 is 7.60 Å². The van der Waals surface area contributed by atoms with Crippen LogP contribution in [-0.4, -0.2) is 9.79 Å². The van der Waals surface area contributed by atoms with Crippen LogP contribution in [0, 0.1) is 6.92 Å². The Bertz CT molecular complexity index is 345. The third-order valence-corrected chi connectivity index (χ3v) is 2.85. The van der Waals surface area contributed by atoms with Crippen molar-refractivity contribution >= 4 is 24.5 Å². The summed E-state index contributed by atoms with van der Waals surface area (Å²) >= 11 is 5.68. The van der Waals surface area contributed by atoms with Gasteiger partial charge in [-0.3, -0.25) is 4.57 Å². The van der Waals surface area contributed by atoms with Gasteiger partial charge in [0.2, 0.25) is 0 Å². The van der Waals surface area contributed by atoms with Crippen LogP contribution in [0.5, 0.6) is 0 Å². The number of benzene rings is 1. The molecule has 1 rings (SSSR count). The standard InChI is InChI=1S/C7H8ClO3P/c1-5-4-6(12(9,10)11)2-3-7(5)8/h2-4H,1H3,(H2,9,10,11). The van der Waals surface area contributed by atoms with Gasteiger partial charge in [-0.25, -0.2) is 0 Å². The van der Waals surface area contributed by atoms with Gasteiger partial charge in [-0.15, -0.1) is 0 Å². The number of hydrogen-bond donors (Lipinski definition) is 2. The van der Waals surface area contributed by atoms with Crippen LogP contribution < -0.4 is 5.30 Å². The smallest absolute Gasteiger partial charge is 0.321 e. The third-order valence-electron chi connectivity index (χ3n) is 1.48. The molecule has 0 heterocycles. The molecule has 0 aromatic heterocycles. The van der Waals surface area contributed by atoms with Crippen molar-refractivity contribution in [3.63, 3.8) is 0 Å². The number of hydrogen-bond acceptors (Lipinski definition) is 1. The van der Waals surface area contributed by atoms with Crippen LogP contribution in [0.1, 0.15) is 5.56 Å². The van der Waals surface area contributed by atoms with Gasteiger partial charge < -0.3 is 9.79 Å². The number of halogens is 1. The van der Waals surface area contributed by atoms with Gasteiger partial charge in [0.05, 0.1) is 5.30 Å². The van der Waals surface area contributed by atoms with E-state index in [1.165, 1.54) is 18.2 Å². The molecule has 0 fully saturated rings. The molecule has 0 saturated carbocycles. The molecule has 12 heavy (non-hydrogen) atoms. The Morgan fingerprint density at radius 3 is 2.42 bits per heavy atom. The number of rotatable bonds is 1. The van der Waals surface area contributed by atoms with Crippen molar-refractivity contribution in [1.82, 2.24) is 0 Å². The summed E-state index contributed by atoms with van der Waals surface area (Å²) in [6.07, 6.45) is 0. The van der Waals surface area contributed by atoms with E-state index in [4.69, 9.17) is 21.4 Å². The lowest BCUT2D eigenvalue weighted by Crippen LogP contribution is -2.03. The quantitative estimate of drug-likeness (QED) is 0.684. The van der Waals surface area contributed by atoms with E-state index in [1.807, 2.05) is 0 Å². The summed E-state index contributed by atoms with van der Waals surface area (Å²) in [5, 5.41) is 0.511. The van der Waals surface area contributed by atoms with Crippen molar-refractivity contribution < 1.29 is 14.4 Å². The first-order valence-electron chi connectivity index (χ1n) is 3.23. The summed E-state index contributed by atoms with van der Waals surface area (Å²) in [7, 11) is -4.12. The van der Waals surface area contributed by atoms with E-state index in [0.717, 1.165) is 0 Å². The molecule has 0 atom stereocenters. The molecule has 0 saturated heterocycles. The van der Waals surface area contributed by atoms with E-state index in [9.17, 15) is 4.57 Å². The zero-order valence-electron chi connectivity index (χ0n) is 6.36. The van der Waals surface area contributed by atoms with Crippen LogP contribution in [-0.2, 0) is 4.57 Å². The summed E-state index contributed by atoms with van der Waals surface area (Å²) < 4.78 is 10.7. The normalized spacial score (nSPS) is 11.7. The van der Waals surface area contributed by atoms with Crippen molar-refractivity contribution in [3.05, 3.63) is 28.8 Å². The molecular formula is C7H8ClO3P. The van der Waals surface area contributed by atoms with Gasteiger partial charge in [-0.2, -0.15) is 0 Å². The minimum absolute atomic E-state index is 0.00407. The van der Waals surface area contributed by atoms with Gasteiger partial charge in [0.1, 0.15) is 0 Å². The highest BCUT2D eigenvalue weighted by Gasteiger charge is 2.16. The third kappa shape index (κ3) is 2.08. The molecule has 0 spiro atoms. The second-order valence-corrected chi connectivity index (χ2v) is 4.49. The van der Waals surface area contributed by atoms with Crippen LogP contribution in [0.4, 0.5) is 0 Å². The zero-order chi connectivity index (χ0) is 9.35. The average Bonchev–Trinajstić information content (AvgIpc) is 1.92. The van der Waals surface area contributed by atoms with Gasteiger partial charge in [-0.05, 0) is 30.7 Å². The maximum Gasteiger partial charge on any atom is 0.356 e. The highest BCUT2D eigenvalue weighted by molar-refractivity contribution is 7.60. The lowest BCUT2D eigenvalue weighted by atomic mass is 10.2. The zero-order valence-corrected chi connectivity index (χ0v) is 8.01. The van der Waals surface area contributed by atoms with Crippen LogP contribution in [0.25, 0.3) is 0 Å². The molecule has 0 unspecified atom stereocenters. The molecule has 0 radical (unpaired) electrons. The van der Waals surface area contributed by atoms with Gasteiger partial charge in [-0.1, -0.05) is 11.6 Å². The van der Waals surface area contributed by atoms with Crippen molar-refractivity contribution in [2.45, 2.75) is 6.92 Å². The Labute approximate surface area is 75.2 Å². The largest absolute Gasteiger partial charge is 0.356 e. The Morgan fingerprint density at radius 1 is 1.42 bits per heavy atom. The monoisotopic (exact) mass is 206 g/mol. The number of aryl methyl sites for hydroxylation is 1. The van der Waals surface area contributed by atoms with E-state index in [1.54, 1.807) is 6.92 Å². The Morgan fingerprint density at radius 2 is 2.00 bits per heavy atom. The molecule has 0 aliphatic carbocycles. The lowest BCUT2D eigenvalue weighted by Gasteiger charge is -2.05. The summed E-state index contributed by atoms with van der Waals surface area (Å²) in [5.74, 6) is 0. The Balaban J connectivity index is 3.23. The fraction of sp³-hybridized carbons (Fsp3) is 0.143. The Hall–Kier alpha value is -0.340. The topological polar surface area (TPSA) is 57.5 Å². The predicted octanol–water partition coefficient (Wildman–Crippen LogP) is 1.45. The molecule has 1 aromatic carbocycles. The lowest BCUT2D eigenvalue weighted by molar-refractivity contribution is 0.387. The minimum Gasteiger partial charge on any atom is -0.321 e. The first-order valence-corrected chi connectivity index (χ1v) is 5.22. The molecule has 0 bridgehead atoms. The molecule has 0 aliphatic heterocycles. The molecule has 0 aliphatic rings. The van der Waals surface area contributed by atoms with Crippen molar-refractivity contribution in [3.8, 4) is 0 Å². The van der Waals surface area contributed by atoms with Gasteiger partial charge in [0.15, 0.2) is 0 Å². The van der Waals surface area contributed by atoms with Crippen LogP contribution in [0.15, 0.2) is 18.2 Å². The Kier molecular flexibility index (Phi) is 2.59. The summed E-state index contributed by atoms with van der Waals surface area (Å²) in [6.45, 7) is 1.70. The van der Waals surface area contributed by atoms with Crippen LogP contribution in [0.3, 0.4) is 0 Å². The van der Waals surface area contributed by atoms with E-state index >= 15 is 0 Å². The van der Waals surface area contributed by atoms with Crippen molar-refractivity contribution in [2.75, 3.05) is 0 Å². The minimum atomic E-state index is -4.12. The van der Waals surface area contributed by atoms with Gasteiger partial charge in [0.25, 0.3) is 0 Å². The van der Waals surface area contributed by atoms with Crippen molar-refractivity contribution in [1.29, 1.82) is 0 Å². The first-order chi connectivity index (χ1) is 5.41. The second kappa shape index (κ2) is 3.19. The molecule has 2 N–H and O–H groups in total. The first kappa shape index (κ1) is 9.75. The van der Waals surface area contributed by atoms with E-state index in [2.05, 4.69) is 0 Å². The van der Waals surface area contributed by atoms with E-state index in [-0.39, 0.29) is 5.30 Å². The van der Waals surface area contributed by atoms with E-state index in [0.29, 0.717) is 10.6 Å². The molecule has 3 nitrogen and oxygen atoms in total. The molecule has 1 aromatic rings. The molecule has 5 heteroatoms. The molecule has 0 amide bonds. The highest BCUT2D eigenvalue weighted by Crippen LogP contribution is 2.33. The summed E-state index contributed by atoms with van der Waals surface area (Å²) in [5.41, 5.74) is 0.664. The fourth-order valence-corrected chi connectivity index (χ4v) is 1.56. The maximum absolute atomic E-state index is 10.7. The summed E-state index contributed by atoms with van der Waals surface area (Å²) in [6, 6.07) is 4.20. The van der Waals surface area contributed by atoms with Crippen LogP contribution in [0.2, 0.25) is 5.02 Å². The maximum atomic E-state index is 10.7.